The van der Waals surface area contributed by atoms with Crippen molar-refractivity contribution in [1.82, 2.24) is 5.32 Å². The Morgan fingerprint density at radius 1 is 1.45 bits per heavy atom. The Hall–Kier alpha value is -1.34. The average Bonchev–Trinajstić information content (AvgIpc) is 2.49. The first-order valence-corrected chi connectivity index (χ1v) is 7.12. The molecule has 0 aromatic heterocycles. The lowest BCUT2D eigenvalue weighted by Gasteiger charge is -2.23. The van der Waals surface area contributed by atoms with Crippen molar-refractivity contribution in [2.24, 2.45) is 0 Å². The molecule has 1 saturated heterocycles. The van der Waals surface area contributed by atoms with Crippen LogP contribution in [-0.4, -0.2) is 52.0 Å². The highest BCUT2D eigenvalue weighted by Gasteiger charge is 2.17. The molecule has 0 radical (unpaired) electrons. The standard InChI is InChI=1S/C15H22N2O4.ClH/c1-19-7-8-21-13-4-2-3-12(9-13)17-15(18)10-14-11-16-5-6-20-14;/h2-4,9,14,16H,5-8,10-11H2,1H3,(H,17,18);1H. The Balaban J connectivity index is 0.00000242. The van der Waals surface area contributed by atoms with Crippen LogP contribution in [0, 0.1) is 0 Å². The second kappa shape index (κ2) is 10.4. The Morgan fingerprint density at radius 3 is 3.05 bits per heavy atom. The lowest BCUT2D eigenvalue weighted by Crippen LogP contribution is -2.40. The van der Waals surface area contributed by atoms with Gasteiger partial charge in [0.15, 0.2) is 0 Å². The number of carbonyl (C=O) groups excluding carboxylic acids is 1. The Kier molecular flexibility index (Phi) is 8.84. The number of amides is 1. The van der Waals surface area contributed by atoms with Crippen molar-refractivity contribution in [1.29, 1.82) is 0 Å². The maximum atomic E-state index is 12.0. The molecule has 1 aliphatic heterocycles. The van der Waals surface area contributed by atoms with Crippen molar-refractivity contribution in [2.75, 3.05) is 45.3 Å². The van der Waals surface area contributed by atoms with Crippen LogP contribution in [0.4, 0.5) is 5.69 Å². The zero-order valence-electron chi connectivity index (χ0n) is 12.7. The normalized spacial score (nSPS) is 17.4. The molecule has 0 bridgehead atoms. The predicted octanol–water partition coefficient (Wildman–Crippen LogP) is 1.45. The third-order valence-electron chi connectivity index (χ3n) is 3.09. The van der Waals surface area contributed by atoms with E-state index in [0.29, 0.717) is 38.5 Å². The zero-order chi connectivity index (χ0) is 14.9. The topological polar surface area (TPSA) is 68.8 Å². The van der Waals surface area contributed by atoms with Crippen molar-refractivity contribution in [3.05, 3.63) is 24.3 Å². The van der Waals surface area contributed by atoms with Crippen LogP contribution in [0.25, 0.3) is 0 Å². The van der Waals surface area contributed by atoms with Crippen LogP contribution in [0.3, 0.4) is 0 Å². The van der Waals surface area contributed by atoms with Gasteiger partial charge >= 0.3 is 0 Å². The first-order valence-electron chi connectivity index (χ1n) is 7.12. The summed E-state index contributed by atoms with van der Waals surface area (Å²) < 4.78 is 15.9. The highest BCUT2D eigenvalue weighted by Crippen LogP contribution is 2.17. The molecular formula is C15H23ClN2O4. The van der Waals surface area contributed by atoms with Gasteiger partial charge in [-0.3, -0.25) is 4.79 Å². The first-order chi connectivity index (χ1) is 10.3. The highest BCUT2D eigenvalue weighted by molar-refractivity contribution is 5.91. The highest BCUT2D eigenvalue weighted by atomic mass is 35.5. The molecule has 2 rings (SSSR count). The van der Waals surface area contributed by atoms with Crippen molar-refractivity contribution >= 4 is 24.0 Å². The van der Waals surface area contributed by atoms with Crippen LogP contribution in [-0.2, 0) is 14.3 Å². The van der Waals surface area contributed by atoms with Crippen molar-refractivity contribution in [2.45, 2.75) is 12.5 Å². The van der Waals surface area contributed by atoms with Crippen LogP contribution >= 0.6 is 12.4 Å². The third-order valence-corrected chi connectivity index (χ3v) is 3.09. The molecule has 1 atom stereocenters. The van der Waals surface area contributed by atoms with Gasteiger partial charge in [0.1, 0.15) is 12.4 Å². The monoisotopic (exact) mass is 330 g/mol. The van der Waals surface area contributed by atoms with Crippen LogP contribution in [0.15, 0.2) is 24.3 Å². The van der Waals surface area contributed by atoms with Crippen LogP contribution in [0.1, 0.15) is 6.42 Å². The molecule has 1 aromatic carbocycles. The van der Waals surface area contributed by atoms with Gasteiger partial charge < -0.3 is 24.8 Å². The third kappa shape index (κ3) is 6.62. The summed E-state index contributed by atoms with van der Waals surface area (Å²) in [5.41, 5.74) is 0.721. The number of rotatable bonds is 7. The molecule has 1 aromatic rings. The maximum absolute atomic E-state index is 12.0. The Morgan fingerprint density at radius 2 is 2.32 bits per heavy atom. The largest absolute Gasteiger partial charge is 0.491 e. The van der Waals surface area contributed by atoms with E-state index < -0.39 is 0 Å². The fraction of sp³-hybridized carbons (Fsp3) is 0.533. The summed E-state index contributed by atoms with van der Waals surface area (Å²) in [7, 11) is 1.63. The second-order valence-electron chi connectivity index (χ2n) is 4.82. The van der Waals surface area contributed by atoms with E-state index >= 15 is 0 Å². The molecule has 1 heterocycles. The molecule has 6 nitrogen and oxygen atoms in total. The molecule has 1 fully saturated rings. The summed E-state index contributed by atoms with van der Waals surface area (Å²) >= 11 is 0. The molecular weight excluding hydrogens is 308 g/mol. The summed E-state index contributed by atoms with van der Waals surface area (Å²) in [6, 6.07) is 7.32. The van der Waals surface area contributed by atoms with E-state index in [2.05, 4.69) is 10.6 Å². The average molecular weight is 331 g/mol. The number of hydrogen-bond acceptors (Lipinski definition) is 5. The van der Waals surface area contributed by atoms with E-state index in [-0.39, 0.29) is 24.4 Å². The number of anilines is 1. The lowest BCUT2D eigenvalue weighted by atomic mass is 10.2. The number of nitrogens with one attached hydrogen (secondary N) is 2. The molecule has 124 valence electrons. The van der Waals surface area contributed by atoms with Crippen molar-refractivity contribution < 1.29 is 19.0 Å². The summed E-state index contributed by atoms with van der Waals surface area (Å²) in [5.74, 6) is 0.651. The van der Waals surface area contributed by atoms with E-state index in [9.17, 15) is 4.79 Å². The predicted molar refractivity (Wildman–Crippen MR) is 86.9 cm³/mol. The van der Waals surface area contributed by atoms with Crippen molar-refractivity contribution in [3.8, 4) is 5.75 Å². The van der Waals surface area contributed by atoms with Gasteiger partial charge in [-0.2, -0.15) is 0 Å². The molecule has 2 N–H and O–H groups in total. The van der Waals surface area contributed by atoms with Gasteiger partial charge in [0.2, 0.25) is 5.91 Å². The van der Waals surface area contributed by atoms with E-state index in [1.807, 2.05) is 18.2 Å². The minimum atomic E-state index is -0.0576. The quantitative estimate of drug-likeness (QED) is 0.741. The van der Waals surface area contributed by atoms with Crippen LogP contribution in [0.5, 0.6) is 5.75 Å². The molecule has 1 amide bonds. The molecule has 1 unspecified atom stereocenters. The van der Waals surface area contributed by atoms with Gasteiger partial charge in [-0.05, 0) is 12.1 Å². The summed E-state index contributed by atoms with van der Waals surface area (Å²) in [6.07, 6.45) is 0.293. The second-order valence-corrected chi connectivity index (χ2v) is 4.82. The number of benzene rings is 1. The van der Waals surface area contributed by atoms with Gasteiger partial charge in [0.25, 0.3) is 0 Å². The van der Waals surface area contributed by atoms with Gasteiger partial charge in [-0.1, -0.05) is 6.07 Å². The van der Waals surface area contributed by atoms with Crippen LogP contribution < -0.4 is 15.4 Å². The zero-order valence-corrected chi connectivity index (χ0v) is 13.5. The van der Waals surface area contributed by atoms with Gasteiger partial charge in [0, 0.05) is 32.0 Å². The number of morpholine rings is 1. The fourth-order valence-electron chi connectivity index (χ4n) is 2.08. The number of ether oxygens (including phenoxy) is 3. The Labute approximate surface area is 136 Å². The first kappa shape index (κ1) is 18.7. The molecule has 22 heavy (non-hydrogen) atoms. The minimum absolute atomic E-state index is 0. The molecule has 7 heteroatoms. The van der Waals surface area contributed by atoms with E-state index in [4.69, 9.17) is 14.2 Å². The van der Waals surface area contributed by atoms with E-state index in [1.54, 1.807) is 13.2 Å². The van der Waals surface area contributed by atoms with E-state index in [0.717, 1.165) is 12.2 Å². The van der Waals surface area contributed by atoms with Crippen LogP contribution in [0.2, 0.25) is 0 Å². The number of hydrogen-bond donors (Lipinski definition) is 2. The summed E-state index contributed by atoms with van der Waals surface area (Å²) in [4.78, 5) is 12.0. The Bertz CT molecular complexity index is 453. The molecule has 0 spiro atoms. The van der Waals surface area contributed by atoms with Gasteiger partial charge in [-0.15, -0.1) is 12.4 Å². The number of halogens is 1. The SMILES string of the molecule is COCCOc1cccc(NC(=O)CC2CNCCO2)c1.Cl. The molecule has 1 aliphatic rings. The van der Waals surface area contributed by atoms with Gasteiger partial charge in [0.05, 0.1) is 25.7 Å². The minimum Gasteiger partial charge on any atom is -0.491 e. The van der Waals surface area contributed by atoms with Crippen molar-refractivity contribution in [3.63, 3.8) is 0 Å². The maximum Gasteiger partial charge on any atom is 0.227 e. The molecule has 0 aliphatic carbocycles. The number of methoxy groups -OCH3 is 1. The summed E-state index contributed by atoms with van der Waals surface area (Å²) in [5, 5.41) is 6.07. The molecule has 0 saturated carbocycles. The summed E-state index contributed by atoms with van der Waals surface area (Å²) in [6.45, 7) is 3.23. The number of carbonyl (C=O) groups is 1. The van der Waals surface area contributed by atoms with E-state index in [1.165, 1.54) is 0 Å². The lowest BCUT2D eigenvalue weighted by molar-refractivity contribution is -0.119. The smallest absolute Gasteiger partial charge is 0.227 e. The van der Waals surface area contributed by atoms with Gasteiger partial charge in [-0.25, -0.2) is 0 Å². The fourth-order valence-corrected chi connectivity index (χ4v) is 2.08.